The van der Waals surface area contributed by atoms with Crippen molar-refractivity contribution in [2.24, 2.45) is 11.1 Å². The van der Waals surface area contributed by atoms with Crippen molar-refractivity contribution in [3.8, 4) is 0 Å². The van der Waals surface area contributed by atoms with Gasteiger partial charge in [0.15, 0.2) is 0 Å². The van der Waals surface area contributed by atoms with Crippen LogP contribution in [-0.4, -0.2) is 29.4 Å². The van der Waals surface area contributed by atoms with Gasteiger partial charge in [0.25, 0.3) is 0 Å². The van der Waals surface area contributed by atoms with Gasteiger partial charge in [-0.25, -0.2) is 0 Å². The monoisotopic (exact) mass is 272 g/mol. The largest absolute Gasteiger partial charge is 0.341 e. The summed E-state index contributed by atoms with van der Waals surface area (Å²) in [6.07, 6.45) is 5.05. The van der Waals surface area contributed by atoms with Crippen LogP contribution in [0.3, 0.4) is 0 Å². The molecule has 1 amide bonds. The highest BCUT2D eigenvalue weighted by Gasteiger charge is 2.50. The Labute approximate surface area is 121 Å². The number of hydrogen-bond acceptors (Lipinski definition) is 2. The van der Waals surface area contributed by atoms with Crippen molar-refractivity contribution in [3.05, 3.63) is 35.9 Å². The minimum atomic E-state index is -0.509. The molecule has 2 N–H and O–H groups in total. The number of nitrogens with two attached hydrogens (primary N) is 1. The Morgan fingerprint density at radius 1 is 1.25 bits per heavy atom. The quantitative estimate of drug-likeness (QED) is 0.914. The Hall–Kier alpha value is -1.35. The van der Waals surface area contributed by atoms with Crippen molar-refractivity contribution in [3.63, 3.8) is 0 Å². The van der Waals surface area contributed by atoms with Crippen molar-refractivity contribution in [2.75, 3.05) is 13.1 Å². The Balaban J connectivity index is 1.56. The first-order valence-corrected chi connectivity index (χ1v) is 7.63. The van der Waals surface area contributed by atoms with E-state index in [0.717, 1.165) is 45.2 Å². The minimum absolute atomic E-state index is 0.181. The van der Waals surface area contributed by atoms with E-state index < -0.39 is 5.54 Å². The van der Waals surface area contributed by atoms with E-state index in [9.17, 15) is 4.79 Å². The number of carbonyl (C=O) groups is 1. The average Bonchev–Trinajstić information content (AvgIpc) is 3.09. The Morgan fingerprint density at radius 2 is 1.95 bits per heavy atom. The van der Waals surface area contributed by atoms with Gasteiger partial charge in [0.05, 0.1) is 5.54 Å². The lowest BCUT2D eigenvalue weighted by Gasteiger charge is -2.26. The summed E-state index contributed by atoms with van der Waals surface area (Å²) in [4.78, 5) is 14.3. The summed E-state index contributed by atoms with van der Waals surface area (Å²) < 4.78 is 0. The first-order valence-electron chi connectivity index (χ1n) is 7.63. The van der Waals surface area contributed by atoms with Crippen molar-refractivity contribution >= 4 is 5.91 Å². The third kappa shape index (κ3) is 2.73. The van der Waals surface area contributed by atoms with Crippen LogP contribution in [0.5, 0.6) is 0 Å². The minimum Gasteiger partial charge on any atom is -0.341 e. The molecule has 20 heavy (non-hydrogen) atoms. The standard InChI is InChI=1S/C17H24N2O/c1-16(8-7-14-5-3-2-4-6-14)11-12-19(13-16)15(20)17(18)9-10-17/h2-6H,7-13,18H2,1H3. The van der Waals surface area contributed by atoms with E-state index in [2.05, 4.69) is 37.3 Å². The molecule has 1 aromatic rings. The van der Waals surface area contributed by atoms with E-state index in [1.807, 2.05) is 4.90 Å². The van der Waals surface area contributed by atoms with Crippen LogP contribution in [0, 0.1) is 5.41 Å². The zero-order valence-corrected chi connectivity index (χ0v) is 12.3. The lowest BCUT2D eigenvalue weighted by atomic mass is 9.83. The molecular formula is C17H24N2O. The van der Waals surface area contributed by atoms with Crippen LogP contribution in [-0.2, 0) is 11.2 Å². The first kappa shape index (κ1) is 13.6. The third-order valence-electron chi connectivity index (χ3n) is 4.92. The van der Waals surface area contributed by atoms with E-state index in [-0.39, 0.29) is 11.3 Å². The number of likely N-dealkylation sites (tertiary alicyclic amines) is 1. The molecule has 3 nitrogen and oxygen atoms in total. The van der Waals surface area contributed by atoms with Crippen molar-refractivity contribution in [1.29, 1.82) is 0 Å². The summed E-state index contributed by atoms with van der Waals surface area (Å²) >= 11 is 0. The van der Waals surface area contributed by atoms with Crippen LogP contribution >= 0.6 is 0 Å². The van der Waals surface area contributed by atoms with E-state index in [4.69, 9.17) is 5.73 Å². The molecular weight excluding hydrogens is 248 g/mol. The molecule has 0 radical (unpaired) electrons. The molecule has 0 aromatic heterocycles. The van der Waals surface area contributed by atoms with Crippen LogP contribution in [0.2, 0.25) is 0 Å². The predicted octanol–water partition coefficient (Wildman–Crippen LogP) is 2.35. The summed E-state index contributed by atoms with van der Waals surface area (Å²) in [5.41, 5.74) is 7.16. The van der Waals surface area contributed by atoms with Gasteiger partial charge >= 0.3 is 0 Å². The van der Waals surface area contributed by atoms with Gasteiger partial charge in [0.2, 0.25) is 5.91 Å². The summed E-state index contributed by atoms with van der Waals surface area (Å²) in [5, 5.41) is 0. The lowest BCUT2D eigenvalue weighted by molar-refractivity contribution is -0.132. The van der Waals surface area contributed by atoms with Crippen LogP contribution in [0.25, 0.3) is 0 Å². The second-order valence-corrected chi connectivity index (χ2v) is 6.93. The molecule has 1 heterocycles. The van der Waals surface area contributed by atoms with E-state index in [0.29, 0.717) is 0 Å². The Bertz CT molecular complexity index is 495. The summed E-state index contributed by atoms with van der Waals surface area (Å²) in [6.45, 7) is 4.06. The molecule has 1 saturated carbocycles. The topological polar surface area (TPSA) is 46.3 Å². The number of aryl methyl sites for hydroxylation is 1. The van der Waals surface area contributed by atoms with Crippen LogP contribution in [0.15, 0.2) is 30.3 Å². The molecule has 1 aliphatic heterocycles. The van der Waals surface area contributed by atoms with Crippen LogP contribution in [0.1, 0.15) is 38.2 Å². The molecule has 2 fully saturated rings. The maximum Gasteiger partial charge on any atom is 0.242 e. The number of carbonyl (C=O) groups excluding carboxylic acids is 1. The SMILES string of the molecule is CC1(CCc2ccccc2)CCN(C(=O)C2(N)CC2)C1. The van der Waals surface area contributed by atoms with Crippen molar-refractivity contribution < 1.29 is 4.79 Å². The van der Waals surface area contributed by atoms with Crippen molar-refractivity contribution in [1.82, 2.24) is 4.90 Å². The van der Waals surface area contributed by atoms with Crippen LogP contribution in [0.4, 0.5) is 0 Å². The summed E-state index contributed by atoms with van der Waals surface area (Å²) in [6, 6.07) is 10.6. The van der Waals surface area contributed by atoms with Gasteiger partial charge in [-0.3, -0.25) is 4.79 Å². The molecule has 3 rings (SSSR count). The summed E-state index contributed by atoms with van der Waals surface area (Å²) in [5.74, 6) is 0.181. The Kier molecular flexibility index (Phi) is 3.33. The van der Waals surface area contributed by atoms with Gasteiger partial charge in [-0.15, -0.1) is 0 Å². The predicted molar refractivity (Wildman–Crippen MR) is 80.2 cm³/mol. The van der Waals surface area contributed by atoms with E-state index in [1.165, 1.54) is 5.56 Å². The molecule has 1 saturated heterocycles. The van der Waals surface area contributed by atoms with Gasteiger partial charge in [0.1, 0.15) is 0 Å². The van der Waals surface area contributed by atoms with Gasteiger partial charge in [-0.1, -0.05) is 37.3 Å². The Morgan fingerprint density at radius 3 is 2.60 bits per heavy atom. The molecule has 3 heteroatoms. The molecule has 108 valence electrons. The smallest absolute Gasteiger partial charge is 0.242 e. The van der Waals surface area contributed by atoms with E-state index in [1.54, 1.807) is 0 Å². The number of benzene rings is 1. The zero-order chi connectivity index (χ0) is 14.2. The average molecular weight is 272 g/mol. The highest BCUT2D eigenvalue weighted by Crippen LogP contribution is 2.39. The number of amides is 1. The number of nitrogens with zero attached hydrogens (tertiary/aromatic N) is 1. The molecule has 2 aliphatic rings. The molecule has 1 atom stereocenters. The number of hydrogen-bond donors (Lipinski definition) is 1. The summed E-state index contributed by atoms with van der Waals surface area (Å²) in [7, 11) is 0. The maximum atomic E-state index is 12.3. The fourth-order valence-electron chi connectivity index (χ4n) is 3.16. The van der Waals surface area contributed by atoms with E-state index >= 15 is 0 Å². The molecule has 0 bridgehead atoms. The second-order valence-electron chi connectivity index (χ2n) is 6.93. The molecule has 1 aromatic carbocycles. The molecule has 1 aliphatic carbocycles. The van der Waals surface area contributed by atoms with Gasteiger partial charge in [-0.2, -0.15) is 0 Å². The van der Waals surface area contributed by atoms with Gasteiger partial charge < -0.3 is 10.6 Å². The first-order chi connectivity index (χ1) is 9.51. The fourth-order valence-corrected chi connectivity index (χ4v) is 3.16. The molecule has 0 spiro atoms. The second kappa shape index (κ2) is 4.88. The normalized spacial score (nSPS) is 27.6. The fraction of sp³-hybridized carbons (Fsp3) is 0.588. The molecule has 1 unspecified atom stereocenters. The van der Waals surface area contributed by atoms with Crippen molar-refractivity contribution in [2.45, 2.75) is 44.6 Å². The maximum absolute atomic E-state index is 12.3. The lowest BCUT2D eigenvalue weighted by Crippen LogP contribution is -2.45. The van der Waals surface area contributed by atoms with Gasteiger partial charge in [-0.05, 0) is 43.1 Å². The van der Waals surface area contributed by atoms with Gasteiger partial charge in [0, 0.05) is 13.1 Å². The zero-order valence-electron chi connectivity index (χ0n) is 12.3. The van der Waals surface area contributed by atoms with Crippen LogP contribution < -0.4 is 5.73 Å². The highest BCUT2D eigenvalue weighted by molar-refractivity contribution is 5.89. The number of rotatable bonds is 4. The highest BCUT2D eigenvalue weighted by atomic mass is 16.2. The third-order valence-corrected chi connectivity index (χ3v) is 4.92.